The first-order valence-corrected chi connectivity index (χ1v) is 12.1. The number of nitrogens with zero attached hydrogens (tertiary/aromatic N) is 1. The number of allylic oxidation sites excluding steroid dienone is 1. The van der Waals surface area contributed by atoms with Crippen LogP contribution < -0.4 is 18.9 Å². The van der Waals surface area contributed by atoms with Gasteiger partial charge in [0.2, 0.25) is 5.78 Å². The largest absolute Gasteiger partial charge is 0.493 e. The number of methoxy groups -OCH3 is 2. The zero-order chi connectivity index (χ0) is 23.8. The first-order valence-electron chi connectivity index (χ1n) is 11.2. The Morgan fingerprint density at radius 1 is 1.09 bits per heavy atom. The normalized spacial score (nSPS) is 16.1. The standard InChI is InChI=1S/C27H27NO5S/c1-16-8-10-34-24(16)13-23-26(29)25-17(2)11-21-19(27(25)33-23)14-28(15-32-21)9-7-18-5-6-20(30-3)22(12-18)31-4/h5-6,8,10-13H,7,9,14-15H2,1-4H3/b23-13+. The third-order valence-electron chi connectivity index (χ3n) is 6.32. The van der Waals surface area contributed by atoms with Crippen molar-refractivity contribution in [3.63, 3.8) is 0 Å². The van der Waals surface area contributed by atoms with Crippen LogP contribution in [0.3, 0.4) is 0 Å². The van der Waals surface area contributed by atoms with Crippen molar-refractivity contribution < 1.29 is 23.7 Å². The highest BCUT2D eigenvalue weighted by molar-refractivity contribution is 7.11. The highest BCUT2D eigenvalue weighted by Crippen LogP contribution is 2.44. The molecule has 5 rings (SSSR count). The number of ketones is 1. The molecule has 7 heteroatoms. The quantitative estimate of drug-likeness (QED) is 0.444. The lowest BCUT2D eigenvalue weighted by Crippen LogP contribution is -2.34. The second-order valence-corrected chi connectivity index (χ2v) is 9.49. The van der Waals surface area contributed by atoms with E-state index in [-0.39, 0.29) is 5.78 Å². The van der Waals surface area contributed by atoms with E-state index in [4.69, 9.17) is 18.9 Å². The second-order valence-electron chi connectivity index (χ2n) is 8.55. The molecule has 1 aromatic heterocycles. The number of fused-ring (bicyclic) bond motifs is 3. The fourth-order valence-electron chi connectivity index (χ4n) is 4.39. The highest BCUT2D eigenvalue weighted by Gasteiger charge is 2.35. The van der Waals surface area contributed by atoms with E-state index < -0.39 is 0 Å². The van der Waals surface area contributed by atoms with Gasteiger partial charge in [0, 0.05) is 24.0 Å². The summed E-state index contributed by atoms with van der Waals surface area (Å²) in [6.07, 6.45) is 2.68. The molecule has 2 aromatic carbocycles. The molecule has 0 unspecified atom stereocenters. The van der Waals surface area contributed by atoms with Crippen molar-refractivity contribution in [2.75, 3.05) is 27.5 Å². The molecule has 3 aromatic rings. The van der Waals surface area contributed by atoms with Crippen LogP contribution in [0.25, 0.3) is 6.08 Å². The summed E-state index contributed by atoms with van der Waals surface area (Å²) in [5.41, 5.74) is 4.74. The molecule has 0 spiro atoms. The Morgan fingerprint density at radius 2 is 1.91 bits per heavy atom. The fraction of sp³-hybridized carbons (Fsp3) is 0.296. The van der Waals surface area contributed by atoms with Crippen LogP contribution in [0, 0.1) is 13.8 Å². The fourth-order valence-corrected chi connectivity index (χ4v) is 5.24. The van der Waals surface area contributed by atoms with E-state index >= 15 is 0 Å². The number of rotatable bonds is 6. The number of thiophene rings is 1. The molecule has 0 radical (unpaired) electrons. The molecule has 2 aliphatic rings. The third-order valence-corrected chi connectivity index (χ3v) is 7.28. The second kappa shape index (κ2) is 9.16. The zero-order valence-corrected chi connectivity index (χ0v) is 20.6. The van der Waals surface area contributed by atoms with Crippen molar-refractivity contribution >= 4 is 23.2 Å². The Bertz CT molecular complexity index is 1290. The van der Waals surface area contributed by atoms with E-state index in [1.807, 2.05) is 55.6 Å². The Morgan fingerprint density at radius 3 is 2.65 bits per heavy atom. The lowest BCUT2D eigenvalue weighted by Gasteiger charge is -2.30. The maximum Gasteiger partial charge on any atom is 0.232 e. The molecular weight excluding hydrogens is 450 g/mol. The molecule has 34 heavy (non-hydrogen) atoms. The first kappa shape index (κ1) is 22.5. The molecule has 0 atom stereocenters. The Labute approximate surface area is 203 Å². The van der Waals surface area contributed by atoms with Crippen LogP contribution >= 0.6 is 11.3 Å². The minimum atomic E-state index is -0.0643. The molecule has 0 bridgehead atoms. The van der Waals surface area contributed by atoms with Crippen molar-refractivity contribution in [3.05, 3.63) is 74.2 Å². The van der Waals surface area contributed by atoms with Gasteiger partial charge in [-0.2, -0.15) is 0 Å². The summed E-state index contributed by atoms with van der Waals surface area (Å²) < 4.78 is 23.0. The van der Waals surface area contributed by atoms with Crippen LogP contribution in [0.5, 0.6) is 23.0 Å². The van der Waals surface area contributed by atoms with Crippen LogP contribution in [0.2, 0.25) is 0 Å². The van der Waals surface area contributed by atoms with Crippen molar-refractivity contribution in [1.29, 1.82) is 0 Å². The van der Waals surface area contributed by atoms with Gasteiger partial charge in [-0.05, 0) is 66.6 Å². The summed E-state index contributed by atoms with van der Waals surface area (Å²) in [6, 6.07) is 9.98. The minimum absolute atomic E-state index is 0.0643. The molecule has 0 N–H and O–H groups in total. The predicted octanol–water partition coefficient (Wildman–Crippen LogP) is 5.39. The Balaban J connectivity index is 1.36. The number of Topliss-reactive ketones (excluding diaryl/α,β-unsaturated/α-hetero) is 1. The maximum absolute atomic E-state index is 13.2. The Hall–Kier alpha value is -3.29. The number of hydrogen-bond acceptors (Lipinski definition) is 7. The number of ether oxygens (including phenoxy) is 4. The SMILES string of the molecule is COc1ccc(CCN2COc3cc(C)c4c(c3C2)O/C(=C/c2sccc2C)C4=O)cc1OC. The van der Waals surface area contributed by atoms with Crippen LogP contribution in [-0.2, 0) is 13.0 Å². The van der Waals surface area contributed by atoms with E-state index in [0.29, 0.717) is 30.3 Å². The highest BCUT2D eigenvalue weighted by atomic mass is 32.1. The van der Waals surface area contributed by atoms with Gasteiger partial charge >= 0.3 is 0 Å². The number of benzene rings is 2. The van der Waals surface area contributed by atoms with Crippen molar-refractivity contribution in [2.45, 2.75) is 26.8 Å². The first-order chi connectivity index (χ1) is 16.5. The van der Waals surface area contributed by atoms with E-state index in [9.17, 15) is 4.79 Å². The van der Waals surface area contributed by atoms with Crippen molar-refractivity contribution in [2.24, 2.45) is 0 Å². The monoisotopic (exact) mass is 477 g/mol. The van der Waals surface area contributed by atoms with Crippen LogP contribution in [-0.4, -0.2) is 38.2 Å². The van der Waals surface area contributed by atoms with Crippen LogP contribution in [0.4, 0.5) is 0 Å². The number of hydrogen-bond donors (Lipinski definition) is 0. The molecule has 0 saturated carbocycles. The van der Waals surface area contributed by atoms with Gasteiger partial charge in [0.25, 0.3) is 0 Å². The molecular formula is C27H27NO5S. The van der Waals surface area contributed by atoms with Crippen LogP contribution in [0.15, 0.2) is 41.5 Å². The molecule has 0 fully saturated rings. The van der Waals surface area contributed by atoms with E-state index in [1.165, 1.54) is 0 Å². The average molecular weight is 478 g/mol. The summed E-state index contributed by atoms with van der Waals surface area (Å²) in [4.78, 5) is 16.4. The lowest BCUT2D eigenvalue weighted by molar-refractivity contribution is 0.0949. The van der Waals surface area contributed by atoms with E-state index in [1.54, 1.807) is 25.6 Å². The van der Waals surface area contributed by atoms with Gasteiger partial charge in [-0.25, -0.2) is 0 Å². The van der Waals surface area contributed by atoms with Crippen LogP contribution in [0.1, 0.15) is 37.5 Å². The molecule has 0 amide bonds. The molecule has 0 saturated heterocycles. The summed E-state index contributed by atoms with van der Waals surface area (Å²) in [7, 11) is 3.28. The van der Waals surface area contributed by atoms with Gasteiger partial charge in [0.05, 0.1) is 25.3 Å². The smallest absolute Gasteiger partial charge is 0.232 e. The average Bonchev–Trinajstić information content (AvgIpc) is 3.40. The van der Waals surface area contributed by atoms with Gasteiger partial charge in [0.15, 0.2) is 17.3 Å². The lowest BCUT2D eigenvalue weighted by atomic mass is 9.98. The zero-order valence-electron chi connectivity index (χ0n) is 19.8. The van der Waals surface area contributed by atoms with Gasteiger partial charge in [0.1, 0.15) is 18.2 Å². The third kappa shape index (κ3) is 4.06. The number of carbonyl (C=O) groups is 1. The maximum atomic E-state index is 13.2. The van der Waals surface area contributed by atoms with Gasteiger partial charge in [-0.15, -0.1) is 11.3 Å². The molecule has 176 valence electrons. The van der Waals surface area contributed by atoms with E-state index in [2.05, 4.69) is 4.90 Å². The molecule has 2 aliphatic heterocycles. The summed E-state index contributed by atoms with van der Waals surface area (Å²) >= 11 is 1.60. The van der Waals surface area contributed by atoms with Crippen molar-refractivity contribution in [3.8, 4) is 23.0 Å². The summed E-state index contributed by atoms with van der Waals surface area (Å²) in [6.45, 7) is 5.91. The summed E-state index contributed by atoms with van der Waals surface area (Å²) in [5.74, 6) is 3.18. The molecule has 3 heterocycles. The minimum Gasteiger partial charge on any atom is -0.493 e. The molecule has 0 aliphatic carbocycles. The van der Waals surface area contributed by atoms with Gasteiger partial charge < -0.3 is 18.9 Å². The van der Waals surface area contributed by atoms with Gasteiger partial charge in [-0.1, -0.05) is 6.07 Å². The summed E-state index contributed by atoms with van der Waals surface area (Å²) in [5, 5.41) is 2.02. The topological polar surface area (TPSA) is 57.2 Å². The predicted molar refractivity (Wildman–Crippen MR) is 132 cm³/mol. The Kier molecular flexibility index (Phi) is 6.06. The van der Waals surface area contributed by atoms with E-state index in [0.717, 1.165) is 57.3 Å². The van der Waals surface area contributed by atoms with Crippen molar-refractivity contribution in [1.82, 2.24) is 4.90 Å². The number of aryl methyl sites for hydroxylation is 2. The van der Waals surface area contributed by atoms with Gasteiger partial charge in [-0.3, -0.25) is 9.69 Å². The molecule has 6 nitrogen and oxygen atoms in total. The number of carbonyl (C=O) groups excluding carboxylic acids is 1.